The highest BCUT2D eigenvalue weighted by Crippen LogP contribution is 2.42. The van der Waals surface area contributed by atoms with Crippen molar-refractivity contribution in [3.05, 3.63) is 58.6 Å². The van der Waals surface area contributed by atoms with E-state index in [1.54, 1.807) is 0 Å². The van der Waals surface area contributed by atoms with E-state index < -0.39 is 0 Å². The normalized spacial score (nSPS) is 25.9. The van der Waals surface area contributed by atoms with Crippen molar-refractivity contribution in [3.8, 4) is 11.1 Å². The van der Waals surface area contributed by atoms with Gasteiger partial charge in [0.15, 0.2) is 0 Å². The zero-order valence-electron chi connectivity index (χ0n) is 22.7. The summed E-state index contributed by atoms with van der Waals surface area (Å²) in [6, 6.07) is 16.2. The first-order chi connectivity index (χ1) is 17.1. The van der Waals surface area contributed by atoms with Crippen molar-refractivity contribution in [1.82, 2.24) is 0 Å². The second-order valence-electron chi connectivity index (χ2n) is 11.9. The molecule has 2 aromatic carbocycles. The molecule has 0 nitrogen and oxygen atoms in total. The lowest BCUT2D eigenvalue weighted by Crippen LogP contribution is -2.19. The molecule has 0 aromatic heterocycles. The van der Waals surface area contributed by atoms with Crippen LogP contribution in [0.1, 0.15) is 134 Å². The van der Waals surface area contributed by atoms with Gasteiger partial charge >= 0.3 is 0 Å². The summed E-state index contributed by atoms with van der Waals surface area (Å²) in [5.74, 6) is 4.04. The minimum Gasteiger partial charge on any atom is -0.0840 e. The summed E-state index contributed by atoms with van der Waals surface area (Å²) < 4.78 is 0. The predicted molar refractivity (Wildman–Crippen MR) is 154 cm³/mol. The monoisotopic (exact) mass is 492 g/mol. The Labute approximate surface area is 221 Å². The molecule has 0 N–H and O–H groups in total. The molecule has 35 heavy (non-hydrogen) atoms. The molecule has 0 aliphatic heterocycles. The quantitative estimate of drug-likeness (QED) is 0.289. The highest BCUT2D eigenvalue weighted by Gasteiger charge is 2.27. The zero-order valence-corrected chi connectivity index (χ0v) is 23.5. The third-order valence-corrected chi connectivity index (χ3v) is 9.89. The van der Waals surface area contributed by atoms with Crippen molar-refractivity contribution in [2.75, 3.05) is 0 Å². The van der Waals surface area contributed by atoms with Crippen LogP contribution in [0.15, 0.2) is 42.5 Å². The largest absolute Gasteiger partial charge is 0.0840 e. The molecular weight excluding hydrogens is 444 g/mol. The zero-order chi connectivity index (χ0) is 24.6. The number of benzene rings is 2. The highest BCUT2D eigenvalue weighted by molar-refractivity contribution is 6.31. The molecule has 2 aliphatic rings. The summed E-state index contributed by atoms with van der Waals surface area (Å²) in [5, 5.41) is 0.957. The molecule has 1 unspecified atom stereocenters. The van der Waals surface area contributed by atoms with Crippen LogP contribution in [0, 0.1) is 17.8 Å². The van der Waals surface area contributed by atoms with Crippen molar-refractivity contribution >= 4 is 11.6 Å². The van der Waals surface area contributed by atoms with Crippen LogP contribution >= 0.6 is 11.6 Å². The van der Waals surface area contributed by atoms with Gasteiger partial charge in [-0.2, -0.15) is 0 Å². The minimum atomic E-state index is 0.554. The fourth-order valence-corrected chi connectivity index (χ4v) is 7.48. The van der Waals surface area contributed by atoms with E-state index >= 15 is 0 Å². The molecule has 2 fully saturated rings. The Morgan fingerprint density at radius 2 is 1.34 bits per heavy atom. The fourth-order valence-electron chi connectivity index (χ4n) is 7.13. The molecule has 1 heteroatoms. The molecular formula is C34H49Cl. The van der Waals surface area contributed by atoms with E-state index in [9.17, 15) is 0 Å². The average molecular weight is 493 g/mol. The summed E-state index contributed by atoms with van der Waals surface area (Å²) in [7, 11) is 0. The molecule has 0 radical (unpaired) electrons. The third-order valence-electron chi connectivity index (χ3n) is 9.56. The van der Waals surface area contributed by atoms with Crippen LogP contribution in [-0.2, 0) is 0 Å². The van der Waals surface area contributed by atoms with Crippen LogP contribution in [0.25, 0.3) is 11.1 Å². The maximum absolute atomic E-state index is 6.90. The maximum atomic E-state index is 6.90. The SMILES string of the molecule is CCCCCC1CCC(C(C)c2ccc(-c3ccc(C4CCC(CCC)CC4)cc3)cc2Cl)CC1. The number of hydrogen-bond donors (Lipinski definition) is 0. The summed E-state index contributed by atoms with van der Waals surface area (Å²) in [6.07, 6.45) is 19.5. The van der Waals surface area contributed by atoms with Gasteiger partial charge in [0.2, 0.25) is 0 Å². The van der Waals surface area contributed by atoms with Gasteiger partial charge in [-0.3, -0.25) is 0 Å². The van der Waals surface area contributed by atoms with Crippen LogP contribution in [0.3, 0.4) is 0 Å². The topological polar surface area (TPSA) is 0 Å². The first-order valence-electron chi connectivity index (χ1n) is 15.0. The molecule has 0 bridgehead atoms. The first-order valence-corrected chi connectivity index (χ1v) is 15.4. The van der Waals surface area contributed by atoms with Crippen LogP contribution in [0.2, 0.25) is 5.02 Å². The van der Waals surface area contributed by atoms with Crippen LogP contribution < -0.4 is 0 Å². The predicted octanol–water partition coefficient (Wildman–Crippen LogP) is 11.6. The molecule has 2 saturated carbocycles. The lowest BCUT2D eigenvalue weighted by Gasteiger charge is -2.33. The number of rotatable bonds is 10. The highest BCUT2D eigenvalue weighted by atomic mass is 35.5. The van der Waals surface area contributed by atoms with Gasteiger partial charge in [-0.1, -0.05) is 120 Å². The number of halogens is 1. The van der Waals surface area contributed by atoms with Crippen molar-refractivity contribution in [2.45, 2.75) is 122 Å². The lowest BCUT2D eigenvalue weighted by molar-refractivity contribution is 0.236. The summed E-state index contributed by atoms with van der Waals surface area (Å²) >= 11 is 6.90. The van der Waals surface area contributed by atoms with E-state index in [0.29, 0.717) is 5.92 Å². The Balaban J connectivity index is 1.33. The van der Waals surface area contributed by atoms with E-state index in [-0.39, 0.29) is 0 Å². The smallest absolute Gasteiger partial charge is 0.0446 e. The fraction of sp³-hybridized carbons (Fsp3) is 0.647. The standard InChI is InChI=1S/C34H49Cl/c1-4-6-7-9-27-10-14-28(15-11-27)25(3)33-23-22-32(24-34(33)35)31-20-18-30(19-21-31)29-16-12-26(8-5-2)13-17-29/h18-29H,4-17H2,1-3H3. The lowest BCUT2D eigenvalue weighted by atomic mass is 9.73. The summed E-state index contributed by atoms with van der Waals surface area (Å²) in [6.45, 7) is 7.04. The van der Waals surface area contributed by atoms with E-state index in [2.05, 4.69) is 63.2 Å². The molecule has 4 rings (SSSR count). The Bertz CT molecular complexity index is 881. The van der Waals surface area contributed by atoms with Gasteiger partial charge in [-0.15, -0.1) is 0 Å². The van der Waals surface area contributed by atoms with E-state index in [1.807, 2.05) is 0 Å². The van der Waals surface area contributed by atoms with E-state index in [0.717, 1.165) is 28.7 Å². The van der Waals surface area contributed by atoms with Crippen molar-refractivity contribution < 1.29 is 0 Å². The van der Waals surface area contributed by atoms with Crippen LogP contribution in [0.4, 0.5) is 0 Å². The van der Waals surface area contributed by atoms with Gasteiger partial charge in [0.05, 0.1) is 0 Å². The number of unbranched alkanes of at least 4 members (excludes halogenated alkanes) is 2. The molecule has 0 spiro atoms. The third kappa shape index (κ3) is 7.15. The van der Waals surface area contributed by atoms with E-state index in [4.69, 9.17) is 11.6 Å². The Hall–Kier alpha value is -1.27. The Kier molecular flexibility index (Phi) is 10.2. The second kappa shape index (κ2) is 13.3. The van der Waals surface area contributed by atoms with Gasteiger partial charge in [-0.25, -0.2) is 0 Å². The minimum absolute atomic E-state index is 0.554. The van der Waals surface area contributed by atoms with Crippen LogP contribution in [0.5, 0.6) is 0 Å². The van der Waals surface area contributed by atoms with Gasteiger partial charge < -0.3 is 0 Å². The molecule has 2 aliphatic carbocycles. The molecule has 0 amide bonds. The van der Waals surface area contributed by atoms with Crippen molar-refractivity contribution in [2.24, 2.45) is 17.8 Å². The maximum Gasteiger partial charge on any atom is 0.0446 e. The average Bonchev–Trinajstić information content (AvgIpc) is 2.90. The van der Waals surface area contributed by atoms with Crippen LogP contribution in [-0.4, -0.2) is 0 Å². The van der Waals surface area contributed by atoms with Crippen molar-refractivity contribution in [1.29, 1.82) is 0 Å². The van der Waals surface area contributed by atoms with Gasteiger partial charge in [0.1, 0.15) is 0 Å². The first kappa shape index (κ1) is 26.8. The van der Waals surface area contributed by atoms with Gasteiger partial charge in [0, 0.05) is 5.02 Å². The molecule has 0 saturated heterocycles. The molecule has 0 heterocycles. The second-order valence-corrected chi connectivity index (χ2v) is 12.3. The molecule has 192 valence electrons. The van der Waals surface area contributed by atoms with E-state index in [1.165, 1.54) is 112 Å². The van der Waals surface area contributed by atoms with Crippen molar-refractivity contribution in [3.63, 3.8) is 0 Å². The molecule has 2 aromatic rings. The van der Waals surface area contributed by atoms with Gasteiger partial charge in [0.25, 0.3) is 0 Å². The molecule has 1 atom stereocenters. The Morgan fingerprint density at radius 1 is 0.714 bits per heavy atom. The number of hydrogen-bond acceptors (Lipinski definition) is 0. The van der Waals surface area contributed by atoms with Gasteiger partial charge in [-0.05, 0) is 96.4 Å². The Morgan fingerprint density at radius 3 is 1.97 bits per heavy atom. The summed E-state index contributed by atoms with van der Waals surface area (Å²) in [5.41, 5.74) is 5.43. The summed E-state index contributed by atoms with van der Waals surface area (Å²) in [4.78, 5) is 0.